The van der Waals surface area contributed by atoms with Gasteiger partial charge in [0.05, 0.1) is 0 Å². The number of esters is 1. The van der Waals surface area contributed by atoms with Crippen LogP contribution in [0.25, 0.3) is 0 Å². The molecule has 0 aliphatic carbocycles. The fraction of sp³-hybridized carbons (Fsp3) is 0.900. The quantitative estimate of drug-likeness (QED) is 0.744. The highest BCUT2D eigenvalue weighted by Crippen LogP contribution is 2.29. The zero-order valence-electron chi connectivity index (χ0n) is 9.88. The number of carbonyl (C=O) groups excluding carboxylic acids is 1. The van der Waals surface area contributed by atoms with Crippen LogP contribution in [0.2, 0.25) is 0 Å². The lowest BCUT2D eigenvalue weighted by Crippen LogP contribution is -2.58. The molecule has 0 aromatic carbocycles. The molecule has 100 valence electrons. The molecule has 0 aromatic rings. The first-order chi connectivity index (χ1) is 7.64. The van der Waals surface area contributed by atoms with Crippen LogP contribution in [0.5, 0.6) is 0 Å². The normalized spacial score (nSPS) is 23.2. The molecule has 0 saturated carbocycles. The van der Waals surface area contributed by atoms with Crippen LogP contribution in [0.3, 0.4) is 0 Å². The van der Waals surface area contributed by atoms with E-state index in [0.717, 1.165) is 0 Å². The summed E-state index contributed by atoms with van der Waals surface area (Å²) in [5.41, 5.74) is 2.04. The minimum Gasteiger partial charge on any atom is -0.461 e. The van der Waals surface area contributed by atoms with Gasteiger partial charge in [0.2, 0.25) is 5.54 Å². The van der Waals surface area contributed by atoms with E-state index in [9.17, 15) is 18.0 Å². The number of hydrogen-bond acceptors (Lipinski definition) is 4. The van der Waals surface area contributed by atoms with Gasteiger partial charge in [0, 0.05) is 13.1 Å². The van der Waals surface area contributed by atoms with E-state index >= 15 is 0 Å². The summed E-state index contributed by atoms with van der Waals surface area (Å²) in [6.45, 7) is 2.03. The van der Waals surface area contributed by atoms with E-state index in [4.69, 9.17) is 10.5 Å². The molecule has 1 heterocycles. The number of carbonyl (C=O) groups is 1. The van der Waals surface area contributed by atoms with Crippen LogP contribution in [0, 0.1) is 0 Å². The molecule has 0 amide bonds. The monoisotopic (exact) mass is 254 g/mol. The van der Waals surface area contributed by atoms with Crippen LogP contribution < -0.4 is 5.73 Å². The second kappa shape index (κ2) is 4.81. The number of piperidine rings is 1. The highest BCUT2D eigenvalue weighted by atomic mass is 19.4. The minimum atomic E-state index is -4.80. The fourth-order valence-corrected chi connectivity index (χ4v) is 1.49. The molecule has 1 aliphatic heterocycles. The van der Waals surface area contributed by atoms with Crippen LogP contribution in [0.15, 0.2) is 0 Å². The van der Waals surface area contributed by atoms with Crippen molar-refractivity contribution in [2.45, 2.75) is 37.6 Å². The van der Waals surface area contributed by atoms with Gasteiger partial charge >= 0.3 is 12.1 Å². The first kappa shape index (κ1) is 14.2. The Hall–Kier alpha value is -0.820. The molecular weight excluding hydrogens is 237 g/mol. The van der Waals surface area contributed by atoms with Crippen molar-refractivity contribution < 1.29 is 22.7 Å². The molecular formula is C10H17F3N2O2. The number of nitrogens with two attached hydrogens (primary N) is 1. The van der Waals surface area contributed by atoms with Gasteiger partial charge in [-0.25, -0.2) is 4.79 Å². The van der Waals surface area contributed by atoms with Crippen molar-refractivity contribution in [1.29, 1.82) is 0 Å². The Balaban J connectivity index is 2.55. The Bertz CT molecular complexity index is 284. The van der Waals surface area contributed by atoms with Crippen molar-refractivity contribution in [3.05, 3.63) is 0 Å². The van der Waals surface area contributed by atoms with Gasteiger partial charge in [0.15, 0.2) is 0 Å². The molecule has 0 aromatic heterocycles. The smallest absolute Gasteiger partial charge is 0.416 e. The second-order valence-electron chi connectivity index (χ2n) is 4.61. The van der Waals surface area contributed by atoms with E-state index in [0.29, 0.717) is 32.9 Å². The summed E-state index contributed by atoms with van der Waals surface area (Å²) < 4.78 is 42.2. The van der Waals surface area contributed by atoms with Gasteiger partial charge in [-0.05, 0) is 26.8 Å². The van der Waals surface area contributed by atoms with Crippen LogP contribution in [-0.4, -0.2) is 48.8 Å². The summed E-state index contributed by atoms with van der Waals surface area (Å²) in [6, 6.07) is 0. The molecule has 1 aliphatic rings. The number of rotatable bonds is 2. The number of ether oxygens (including phenoxy) is 1. The van der Waals surface area contributed by atoms with Crippen molar-refractivity contribution >= 4 is 5.97 Å². The highest BCUT2D eigenvalue weighted by Gasteiger charge is 2.55. The number of likely N-dealkylation sites (tertiary alicyclic amines) is 1. The Labute approximate surface area is 97.9 Å². The van der Waals surface area contributed by atoms with E-state index < -0.39 is 23.8 Å². The number of hydrogen-bond donors (Lipinski definition) is 1. The summed E-state index contributed by atoms with van der Waals surface area (Å²) in [7, 11) is 1.90. The van der Waals surface area contributed by atoms with E-state index in [1.807, 2.05) is 11.9 Å². The van der Waals surface area contributed by atoms with Crippen molar-refractivity contribution in [2.75, 3.05) is 20.1 Å². The maximum Gasteiger partial charge on any atom is 0.416 e. The zero-order valence-corrected chi connectivity index (χ0v) is 9.88. The lowest BCUT2D eigenvalue weighted by atomic mass is 10.0. The third-order valence-electron chi connectivity index (χ3n) is 2.95. The maximum absolute atomic E-state index is 12.5. The average Bonchev–Trinajstić information content (AvgIpc) is 2.19. The molecule has 4 nitrogen and oxygen atoms in total. The van der Waals surface area contributed by atoms with Gasteiger partial charge in [0.1, 0.15) is 6.10 Å². The highest BCUT2D eigenvalue weighted by molar-refractivity contribution is 5.81. The van der Waals surface area contributed by atoms with Crippen LogP contribution in [0.4, 0.5) is 13.2 Å². The summed E-state index contributed by atoms with van der Waals surface area (Å²) in [5.74, 6) is -1.40. The lowest BCUT2D eigenvalue weighted by Gasteiger charge is -2.32. The molecule has 1 rings (SSSR count). The summed E-state index contributed by atoms with van der Waals surface area (Å²) in [4.78, 5) is 13.4. The third kappa shape index (κ3) is 3.32. The predicted octanol–water partition coefficient (Wildman–Crippen LogP) is 0.904. The second-order valence-corrected chi connectivity index (χ2v) is 4.61. The number of alkyl halides is 3. The van der Waals surface area contributed by atoms with Crippen molar-refractivity contribution in [3.8, 4) is 0 Å². The summed E-state index contributed by atoms with van der Waals surface area (Å²) >= 11 is 0. The number of nitrogens with zero attached hydrogens (tertiary/aromatic N) is 1. The minimum absolute atomic E-state index is 0.469. The van der Waals surface area contributed by atoms with E-state index in [1.165, 1.54) is 0 Å². The molecule has 0 bridgehead atoms. The summed E-state index contributed by atoms with van der Waals surface area (Å²) in [5, 5.41) is 0. The molecule has 2 N–H and O–H groups in total. The fourth-order valence-electron chi connectivity index (χ4n) is 1.49. The Morgan fingerprint density at radius 2 is 1.82 bits per heavy atom. The molecule has 0 spiro atoms. The Morgan fingerprint density at radius 1 is 1.35 bits per heavy atom. The van der Waals surface area contributed by atoms with Crippen LogP contribution in [-0.2, 0) is 9.53 Å². The van der Waals surface area contributed by atoms with Gasteiger partial charge in [-0.15, -0.1) is 0 Å². The molecule has 1 atom stereocenters. The predicted molar refractivity (Wildman–Crippen MR) is 55.3 cm³/mol. The largest absolute Gasteiger partial charge is 0.461 e. The molecule has 0 radical (unpaired) electrons. The first-order valence-corrected chi connectivity index (χ1v) is 5.40. The van der Waals surface area contributed by atoms with Crippen molar-refractivity contribution in [2.24, 2.45) is 5.73 Å². The number of halogens is 3. The van der Waals surface area contributed by atoms with Gasteiger partial charge in [-0.1, -0.05) is 0 Å². The van der Waals surface area contributed by atoms with Gasteiger partial charge in [-0.3, -0.25) is 0 Å². The van der Waals surface area contributed by atoms with E-state index in [1.54, 1.807) is 0 Å². The van der Waals surface area contributed by atoms with Gasteiger partial charge in [-0.2, -0.15) is 13.2 Å². The lowest BCUT2D eigenvalue weighted by molar-refractivity contribution is -0.206. The van der Waals surface area contributed by atoms with Crippen LogP contribution in [0.1, 0.15) is 19.8 Å². The van der Waals surface area contributed by atoms with Crippen LogP contribution >= 0.6 is 0 Å². The average molecular weight is 254 g/mol. The Morgan fingerprint density at radius 3 is 2.24 bits per heavy atom. The van der Waals surface area contributed by atoms with E-state index in [-0.39, 0.29) is 0 Å². The first-order valence-electron chi connectivity index (χ1n) is 5.40. The topological polar surface area (TPSA) is 55.6 Å². The Kier molecular flexibility index (Phi) is 4.03. The third-order valence-corrected chi connectivity index (χ3v) is 2.95. The van der Waals surface area contributed by atoms with Gasteiger partial charge < -0.3 is 15.4 Å². The van der Waals surface area contributed by atoms with Crippen molar-refractivity contribution in [1.82, 2.24) is 4.90 Å². The van der Waals surface area contributed by atoms with E-state index in [2.05, 4.69) is 0 Å². The summed E-state index contributed by atoms with van der Waals surface area (Å²) in [6.07, 6.45) is -4.19. The molecule has 7 heteroatoms. The SMILES string of the molecule is CN1CCC(OC(=O)C(C)(N)C(F)(F)F)CC1. The van der Waals surface area contributed by atoms with Crippen molar-refractivity contribution in [3.63, 3.8) is 0 Å². The van der Waals surface area contributed by atoms with Gasteiger partial charge in [0.25, 0.3) is 0 Å². The standard InChI is InChI=1S/C10H17F3N2O2/c1-9(14,10(11,12)13)8(16)17-7-3-5-15(2)6-4-7/h7H,3-6,14H2,1-2H3. The molecule has 1 fully saturated rings. The molecule has 17 heavy (non-hydrogen) atoms. The maximum atomic E-state index is 12.5. The molecule has 1 unspecified atom stereocenters. The zero-order chi connectivity index (χ0) is 13.3. The molecule has 1 saturated heterocycles.